The predicted octanol–water partition coefficient (Wildman–Crippen LogP) is 6.06. The van der Waals surface area contributed by atoms with Crippen molar-refractivity contribution in [3.05, 3.63) is 0 Å². The van der Waals surface area contributed by atoms with Gasteiger partial charge in [-0.3, -0.25) is 0 Å². The van der Waals surface area contributed by atoms with Crippen molar-refractivity contribution in [2.24, 2.45) is 0 Å². The van der Waals surface area contributed by atoms with E-state index in [-0.39, 0.29) is 0 Å². The summed E-state index contributed by atoms with van der Waals surface area (Å²) in [5, 5.41) is -7.83. The highest BCUT2D eigenvalue weighted by atomic mass is 32.2. The molecule has 0 fully saturated rings. The molecule has 33 heavy (non-hydrogen) atoms. The second kappa shape index (κ2) is 8.43. The summed E-state index contributed by atoms with van der Waals surface area (Å²) >= 11 is 0. The van der Waals surface area contributed by atoms with Crippen molar-refractivity contribution in [2.75, 3.05) is 0 Å². The Hall–Kier alpha value is -1.28. The van der Waals surface area contributed by atoms with Crippen LogP contribution in [-0.2, 0) is 10.1 Å². The fourth-order valence-electron chi connectivity index (χ4n) is 1.99. The summed E-state index contributed by atoms with van der Waals surface area (Å²) in [4.78, 5) is 0. The average Bonchev–Trinajstić information content (AvgIpc) is 2.55. The van der Waals surface area contributed by atoms with Crippen LogP contribution in [0.5, 0.6) is 0 Å². The summed E-state index contributed by atoms with van der Waals surface area (Å²) in [5.41, 5.74) is 0. The minimum Gasteiger partial charge on any atom is -0.743 e. The molecule has 0 aliphatic carbocycles. The zero-order valence-corrected chi connectivity index (χ0v) is 15.7. The molecule has 0 aromatic heterocycles. The van der Waals surface area contributed by atoms with Crippen LogP contribution in [0.1, 0.15) is 25.7 Å². The van der Waals surface area contributed by atoms with E-state index >= 15 is 0 Å². The predicted molar refractivity (Wildman–Crippen MR) is 68.8 cm³/mol. The molecule has 0 saturated carbocycles. The zero-order valence-electron chi connectivity index (χ0n) is 14.9. The summed E-state index contributed by atoms with van der Waals surface area (Å²) < 4.78 is 251. The van der Waals surface area contributed by atoms with Gasteiger partial charge in [0.2, 0.25) is 0 Å². The van der Waals surface area contributed by atoms with Crippen LogP contribution in [-0.4, -0.2) is 59.9 Å². The summed E-state index contributed by atoms with van der Waals surface area (Å²) in [5.74, 6) is -48.3. The molecule has 0 saturated heterocycles. The highest BCUT2D eigenvalue weighted by molar-refractivity contribution is 7.86. The number of hydrogen-bond donors (Lipinski definition) is 0. The minimum atomic E-state index is -8.59. The molecule has 0 aromatic rings. The number of hydrogen-bond acceptors (Lipinski definition) is 3. The normalized spacial score (nSPS) is 16.3. The van der Waals surface area contributed by atoms with Gasteiger partial charge >= 0.3 is 47.0 Å². The van der Waals surface area contributed by atoms with Crippen LogP contribution < -0.4 is 0 Å². The Morgan fingerprint density at radius 3 is 1.12 bits per heavy atom. The lowest BCUT2D eigenvalue weighted by Gasteiger charge is -2.42. The average molecular weight is 555 g/mol. The van der Waals surface area contributed by atoms with Gasteiger partial charge in [0.25, 0.3) is 0 Å². The van der Waals surface area contributed by atoms with E-state index in [2.05, 4.69) is 0 Å². The number of halogens is 17. The fourth-order valence-corrected chi connectivity index (χ4v) is 2.43. The molecule has 0 amide bonds. The Kier molecular flexibility index (Phi) is 8.11. The second-order valence-electron chi connectivity index (χ2n) is 6.37. The van der Waals surface area contributed by atoms with Gasteiger partial charge in [0.05, 0.1) is 0 Å². The van der Waals surface area contributed by atoms with Crippen molar-refractivity contribution in [1.82, 2.24) is 0 Å². The fraction of sp³-hybridized carbons (Fsp3) is 1.00. The largest absolute Gasteiger partial charge is 0.743 e. The van der Waals surface area contributed by atoms with E-state index in [4.69, 9.17) is 0 Å². The smallest absolute Gasteiger partial charge is 0.402 e. The molecule has 0 N–H and O–H groups in total. The number of alkyl halides is 17. The molecule has 0 unspecified atom stereocenters. The van der Waals surface area contributed by atoms with Crippen molar-refractivity contribution in [3.8, 4) is 0 Å². The van der Waals surface area contributed by atoms with Crippen LogP contribution in [0.3, 0.4) is 0 Å². The molecular weight excluding hydrogens is 547 g/mol. The lowest BCUT2D eigenvalue weighted by Crippen LogP contribution is -2.73. The maximum atomic E-state index is 13.4. The Labute approximate surface area is 171 Å². The lowest BCUT2D eigenvalue weighted by atomic mass is 9.89. The standard InChI is InChI=1S/C12H9F17O3S/c13-5(14,3-1-2-4-6(15,16)17)7(18,19)8(20,21)9(22,23)10(24,25)11(26,27)12(28,29)33(30,31)32/h1-4H2,(H,30,31,32)/p-1. The molecule has 0 aliphatic heterocycles. The Morgan fingerprint density at radius 2 is 0.788 bits per heavy atom. The monoisotopic (exact) mass is 555 g/mol. The van der Waals surface area contributed by atoms with Crippen LogP contribution in [0, 0.1) is 0 Å². The summed E-state index contributed by atoms with van der Waals surface area (Å²) in [7, 11) is -8.06. The first kappa shape index (κ1) is 31.7. The first-order valence-electron chi connectivity index (χ1n) is 7.62. The van der Waals surface area contributed by atoms with Crippen molar-refractivity contribution < 1.29 is 87.6 Å². The highest BCUT2D eigenvalue weighted by Gasteiger charge is 2.93. The first-order valence-corrected chi connectivity index (χ1v) is 9.03. The maximum Gasteiger partial charge on any atom is 0.402 e. The van der Waals surface area contributed by atoms with Gasteiger partial charge in [0.15, 0.2) is 10.1 Å². The molecule has 0 atom stereocenters. The van der Waals surface area contributed by atoms with Gasteiger partial charge in [-0.1, -0.05) is 0 Å². The molecule has 0 heterocycles. The summed E-state index contributed by atoms with van der Waals surface area (Å²) in [6.45, 7) is 0. The van der Waals surface area contributed by atoms with Crippen LogP contribution in [0.25, 0.3) is 0 Å². The van der Waals surface area contributed by atoms with Gasteiger partial charge in [-0.2, -0.15) is 74.6 Å². The highest BCUT2D eigenvalue weighted by Crippen LogP contribution is 2.63. The van der Waals surface area contributed by atoms with Crippen LogP contribution in [0.4, 0.5) is 74.6 Å². The van der Waals surface area contributed by atoms with Crippen molar-refractivity contribution in [3.63, 3.8) is 0 Å². The third-order valence-corrected chi connectivity index (χ3v) is 4.80. The van der Waals surface area contributed by atoms with Gasteiger partial charge in [0, 0.05) is 12.8 Å². The van der Waals surface area contributed by atoms with Crippen LogP contribution in [0.2, 0.25) is 0 Å². The topological polar surface area (TPSA) is 57.2 Å². The van der Waals surface area contributed by atoms with Crippen molar-refractivity contribution in [2.45, 2.75) is 72.6 Å². The SMILES string of the molecule is O=S(=O)([O-])C(F)(F)C(F)(F)C(F)(F)C(F)(F)C(F)(F)C(F)(F)C(F)(F)CCCCC(F)(F)F. The van der Waals surface area contributed by atoms with E-state index in [0.717, 1.165) is 0 Å². The molecule has 3 nitrogen and oxygen atoms in total. The van der Waals surface area contributed by atoms with Gasteiger partial charge in [0.1, 0.15) is 0 Å². The van der Waals surface area contributed by atoms with E-state index in [1.54, 1.807) is 0 Å². The Bertz CT molecular complexity index is 799. The van der Waals surface area contributed by atoms with Gasteiger partial charge in [-0.25, -0.2) is 8.42 Å². The molecule has 0 radical (unpaired) electrons. The van der Waals surface area contributed by atoms with Crippen molar-refractivity contribution >= 4 is 10.1 Å². The van der Waals surface area contributed by atoms with E-state index in [1.165, 1.54) is 0 Å². The Balaban J connectivity index is 6.32. The number of unbranched alkanes of at least 4 members (excludes halogenated alkanes) is 1. The van der Waals surface area contributed by atoms with E-state index in [1.807, 2.05) is 0 Å². The second-order valence-corrected chi connectivity index (χ2v) is 7.79. The third kappa shape index (κ3) is 5.07. The maximum absolute atomic E-state index is 13.4. The van der Waals surface area contributed by atoms with Crippen LogP contribution in [0.15, 0.2) is 0 Å². The molecule has 200 valence electrons. The minimum absolute atomic E-state index is 1.50. The number of rotatable bonds is 11. The molecule has 0 rings (SSSR count). The molecule has 0 spiro atoms. The third-order valence-electron chi connectivity index (χ3n) is 3.92. The lowest BCUT2D eigenvalue weighted by molar-refractivity contribution is -0.436. The Morgan fingerprint density at radius 1 is 0.485 bits per heavy atom. The summed E-state index contributed by atoms with van der Waals surface area (Å²) in [6.07, 6.45) is -13.2. The summed E-state index contributed by atoms with van der Waals surface area (Å²) in [6, 6.07) is 0. The van der Waals surface area contributed by atoms with E-state index < -0.39 is 82.8 Å². The molecule has 21 heteroatoms. The van der Waals surface area contributed by atoms with Crippen molar-refractivity contribution in [1.29, 1.82) is 0 Å². The van der Waals surface area contributed by atoms with E-state index in [9.17, 15) is 87.6 Å². The van der Waals surface area contributed by atoms with Crippen LogP contribution >= 0.6 is 0 Å². The molecule has 0 aliphatic rings. The van der Waals surface area contributed by atoms with Gasteiger partial charge in [-0.15, -0.1) is 0 Å². The molecule has 0 bridgehead atoms. The molecular formula is C12H8F17O3S-. The van der Waals surface area contributed by atoms with Gasteiger partial charge < -0.3 is 4.55 Å². The van der Waals surface area contributed by atoms with E-state index in [0.29, 0.717) is 0 Å². The quantitative estimate of drug-likeness (QED) is 0.177. The van der Waals surface area contributed by atoms with Gasteiger partial charge in [-0.05, 0) is 12.8 Å². The molecule has 0 aromatic carbocycles. The zero-order chi connectivity index (χ0) is 27.3. The first-order chi connectivity index (χ1) is 14.0.